The van der Waals surface area contributed by atoms with Crippen LogP contribution >= 0.6 is 23.2 Å². The highest BCUT2D eigenvalue weighted by Gasteiger charge is 2.19. The Morgan fingerprint density at radius 3 is 2.46 bits per heavy atom. The molecule has 0 radical (unpaired) electrons. The second-order valence-electron chi connectivity index (χ2n) is 11.5. The lowest BCUT2D eigenvalue weighted by Gasteiger charge is -2.18. The molecule has 5 aromatic rings. The predicted octanol–water partition coefficient (Wildman–Crippen LogP) is 7.00. The summed E-state index contributed by atoms with van der Waals surface area (Å²) in [6.45, 7) is 7.74. The van der Waals surface area contributed by atoms with Crippen molar-refractivity contribution in [1.29, 1.82) is 0 Å². The number of aliphatic hydroxyl groups is 1. The van der Waals surface area contributed by atoms with Gasteiger partial charge < -0.3 is 29.3 Å². The van der Waals surface area contributed by atoms with Crippen molar-refractivity contribution >= 4 is 40.2 Å². The molecular weight excluding hydrogens is 683 g/mol. The average Bonchev–Trinajstić information content (AvgIpc) is 3.60. The molecule has 0 saturated heterocycles. The number of nitrogens with one attached hydrogen (secondary N) is 1. The van der Waals surface area contributed by atoms with Crippen LogP contribution in [0.15, 0.2) is 77.4 Å². The lowest BCUT2D eigenvalue weighted by atomic mass is 10.0. The summed E-state index contributed by atoms with van der Waals surface area (Å²) in [5.41, 5.74) is 5.10. The van der Waals surface area contributed by atoms with Crippen molar-refractivity contribution in [1.82, 2.24) is 20.5 Å². The van der Waals surface area contributed by atoms with Gasteiger partial charge in [0.05, 0.1) is 23.3 Å². The third kappa shape index (κ3) is 9.64. The maximum Gasteiger partial charge on any atom is 0.323 e. The molecule has 3 N–H and O–H groups in total. The Labute approximate surface area is 300 Å². The van der Waals surface area contributed by atoms with Gasteiger partial charge >= 0.3 is 5.97 Å². The van der Waals surface area contributed by atoms with Gasteiger partial charge in [-0.3, -0.25) is 10.1 Å². The van der Waals surface area contributed by atoms with Crippen LogP contribution in [0.5, 0.6) is 17.2 Å². The Bertz CT molecular complexity index is 1880. The summed E-state index contributed by atoms with van der Waals surface area (Å²) in [4.78, 5) is 13.9. The topological polar surface area (TPSA) is 139 Å². The number of fused-ring (bicyclic) bond motifs is 1. The van der Waals surface area contributed by atoms with Crippen molar-refractivity contribution in [2.45, 2.75) is 46.1 Å². The standard InChI is InChI=1S/C37H40Cl2N4O7/c1-3-43(4-2)14-7-15-47-28-10-5-8-25(17-28)29-11-6-9-26(36(29)39)23-49-35-19-34(27(18-30(35)38)20-40-33(21-44)37(45)46)48-22-24-12-13-31-32(16-24)42-50-41-31/h5-6,8-13,16-19,33,40,44H,3-4,7,14-15,20-23H2,1-2H3,(H,45,46). The number of rotatable bonds is 19. The van der Waals surface area contributed by atoms with Gasteiger partial charge in [0.25, 0.3) is 0 Å². The van der Waals surface area contributed by atoms with E-state index in [1.165, 1.54) is 0 Å². The summed E-state index contributed by atoms with van der Waals surface area (Å²) in [5, 5.41) is 30.2. The van der Waals surface area contributed by atoms with Gasteiger partial charge in [-0.15, -0.1) is 0 Å². The number of aliphatic carboxylic acids is 1. The largest absolute Gasteiger partial charge is 0.494 e. The number of carboxylic acid groups (broad SMARTS) is 1. The number of halogens is 2. The smallest absolute Gasteiger partial charge is 0.323 e. The van der Waals surface area contributed by atoms with Gasteiger partial charge in [0.2, 0.25) is 0 Å². The van der Waals surface area contributed by atoms with E-state index in [-0.39, 0.29) is 19.8 Å². The molecule has 264 valence electrons. The summed E-state index contributed by atoms with van der Waals surface area (Å²) in [5.74, 6) is 0.353. The number of hydrogen-bond donors (Lipinski definition) is 3. The van der Waals surface area contributed by atoms with Gasteiger partial charge in [0.15, 0.2) is 0 Å². The van der Waals surface area contributed by atoms with Crippen LogP contribution in [0.1, 0.15) is 37.0 Å². The molecule has 1 heterocycles. The highest BCUT2D eigenvalue weighted by Crippen LogP contribution is 2.36. The number of nitrogens with zero attached hydrogens (tertiary/aromatic N) is 3. The van der Waals surface area contributed by atoms with Crippen LogP contribution in [0.25, 0.3) is 22.2 Å². The Morgan fingerprint density at radius 1 is 0.900 bits per heavy atom. The molecule has 1 unspecified atom stereocenters. The molecule has 1 atom stereocenters. The highest BCUT2D eigenvalue weighted by atomic mass is 35.5. The second kappa shape index (κ2) is 18.0. The zero-order chi connectivity index (χ0) is 35.5. The average molecular weight is 724 g/mol. The van der Waals surface area contributed by atoms with Crippen molar-refractivity contribution < 1.29 is 33.8 Å². The maximum absolute atomic E-state index is 11.5. The second-order valence-corrected chi connectivity index (χ2v) is 12.3. The van der Waals surface area contributed by atoms with Crippen molar-refractivity contribution in [2.75, 3.05) is 32.8 Å². The number of hydrogen-bond acceptors (Lipinski definition) is 10. The molecule has 4 aromatic carbocycles. The molecule has 0 saturated carbocycles. The third-order valence-electron chi connectivity index (χ3n) is 8.24. The Kier molecular flexibility index (Phi) is 13.3. The fourth-order valence-corrected chi connectivity index (χ4v) is 5.87. The third-order valence-corrected chi connectivity index (χ3v) is 8.98. The molecule has 5 rings (SSSR count). The molecule has 50 heavy (non-hydrogen) atoms. The number of carbonyl (C=O) groups is 1. The van der Waals surface area contributed by atoms with Gasteiger partial charge in [-0.25, -0.2) is 4.63 Å². The van der Waals surface area contributed by atoms with Gasteiger partial charge in [-0.2, -0.15) is 0 Å². The van der Waals surface area contributed by atoms with Gasteiger partial charge in [0, 0.05) is 35.8 Å². The van der Waals surface area contributed by atoms with Crippen molar-refractivity contribution in [3.63, 3.8) is 0 Å². The number of aromatic nitrogens is 2. The molecule has 0 bridgehead atoms. The molecule has 0 aliphatic carbocycles. The SMILES string of the molecule is CCN(CC)CCCOc1cccc(-c2cccc(COc3cc(OCc4ccc5nonc5c4)c(CNC(CO)C(=O)O)cc3Cl)c2Cl)c1. The summed E-state index contributed by atoms with van der Waals surface area (Å²) in [6.07, 6.45) is 0.939. The van der Waals surface area contributed by atoms with E-state index < -0.39 is 18.6 Å². The van der Waals surface area contributed by atoms with Crippen LogP contribution in [0, 0.1) is 0 Å². The van der Waals surface area contributed by atoms with E-state index >= 15 is 0 Å². The fourth-order valence-electron chi connectivity index (χ4n) is 5.34. The molecule has 0 spiro atoms. The van der Waals surface area contributed by atoms with Crippen molar-refractivity contribution in [2.24, 2.45) is 0 Å². The zero-order valence-electron chi connectivity index (χ0n) is 27.9. The minimum Gasteiger partial charge on any atom is -0.494 e. The summed E-state index contributed by atoms with van der Waals surface area (Å²) in [6, 6.07) is 21.2. The highest BCUT2D eigenvalue weighted by molar-refractivity contribution is 6.34. The first kappa shape index (κ1) is 36.9. The van der Waals surface area contributed by atoms with Crippen LogP contribution in [0.3, 0.4) is 0 Å². The first-order chi connectivity index (χ1) is 24.3. The molecule has 1 aromatic heterocycles. The van der Waals surface area contributed by atoms with Gasteiger partial charge in [0.1, 0.15) is 47.5 Å². The van der Waals surface area contributed by atoms with E-state index in [9.17, 15) is 15.0 Å². The molecule has 11 nitrogen and oxygen atoms in total. The van der Waals surface area contributed by atoms with Gasteiger partial charge in [-0.05, 0) is 71.3 Å². The van der Waals surface area contributed by atoms with E-state index in [1.54, 1.807) is 24.3 Å². The van der Waals surface area contributed by atoms with E-state index in [0.717, 1.165) is 54.1 Å². The minimum atomic E-state index is -1.18. The lowest BCUT2D eigenvalue weighted by molar-refractivity contribution is -0.140. The quantitative estimate of drug-likeness (QED) is 0.0759. The molecular formula is C37H40Cl2N4O7. The van der Waals surface area contributed by atoms with Crippen molar-refractivity contribution in [3.8, 4) is 28.4 Å². The Hall–Kier alpha value is -4.39. The number of benzene rings is 4. The van der Waals surface area contributed by atoms with E-state index in [4.69, 9.17) is 42.0 Å². The number of ether oxygens (including phenoxy) is 3. The van der Waals surface area contributed by atoms with Crippen LogP contribution in [-0.4, -0.2) is 70.3 Å². The number of aliphatic hydroxyl groups excluding tert-OH is 1. The monoisotopic (exact) mass is 722 g/mol. The zero-order valence-corrected chi connectivity index (χ0v) is 29.4. The molecule has 0 amide bonds. The summed E-state index contributed by atoms with van der Waals surface area (Å²) in [7, 11) is 0. The minimum absolute atomic E-state index is 0.0612. The molecule has 0 aliphatic rings. The fraction of sp³-hybridized carbons (Fsp3) is 0.324. The van der Waals surface area contributed by atoms with E-state index in [1.807, 2.05) is 48.5 Å². The molecule has 0 aliphatic heterocycles. The summed E-state index contributed by atoms with van der Waals surface area (Å²) >= 11 is 13.6. The molecule has 0 fully saturated rings. The van der Waals surface area contributed by atoms with E-state index in [0.29, 0.717) is 44.7 Å². The summed E-state index contributed by atoms with van der Waals surface area (Å²) < 4.78 is 23.2. The predicted molar refractivity (Wildman–Crippen MR) is 192 cm³/mol. The van der Waals surface area contributed by atoms with Crippen LogP contribution < -0.4 is 19.5 Å². The first-order valence-corrected chi connectivity index (χ1v) is 17.1. The Morgan fingerprint density at radius 2 is 1.68 bits per heavy atom. The normalized spacial score (nSPS) is 12.0. The first-order valence-electron chi connectivity index (χ1n) is 16.4. The van der Waals surface area contributed by atoms with Crippen LogP contribution in [-0.2, 0) is 24.6 Å². The van der Waals surface area contributed by atoms with E-state index in [2.05, 4.69) is 34.4 Å². The van der Waals surface area contributed by atoms with Gasteiger partial charge in [-0.1, -0.05) is 73.4 Å². The Balaban J connectivity index is 1.31. The number of carboxylic acids is 1. The van der Waals surface area contributed by atoms with Crippen molar-refractivity contribution in [3.05, 3.63) is 99.5 Å². The molecule has 13 heteroatoms. The van der Waals surface area contributed by atoms with Crippen LogP contribution in [0.2, 0.25) is 10.0 Å². The lowest BCUT2D eigenvalue weighted by Crippen LogP contribution is -2.39. The van der Waals surface area contributed by atoms with Crippen LogP contribution in [0.4, 0.5) is 0 Å². The maximum atomic E-state index is 11.5.